The number of nitrogens with zero attached hydrogens (tertiary/aromatic N) is 1. The second kappa shape index (κ2) is 5.36. The Kier molecular flexibility index (Phi) is 3.84. The lowest BCUT2D eigenvalue weighted by Gasteiger charge is -2.23. The van der Waals surface area contributed by atoms with Crippen LogP contribution >= 0.6 is 15.9 Å². The molecular weight excluding hydrogens is 282 g/mol. The van der Waals surface area contributed by atoms with Crippen molar-refractivity contribution in [3.05, 3.63) is 46.0 Å². The van der Waals surface area contributed by atoms with Gasteiger partial charge in [0.1, 0.15) is 0 Å². The van der Waals surface area contributed by atoms with Gasteiger partial charge in [0.2, 0.25) is 0 Å². The summed E-state index contributed by atoms with van der Waals surface area (Å²) in [6.07, 6.45) is 2.95. The second-order valence-electron chi connectivity index (χ2n) is 4.14. The van der Waals surface area contributed by atoms with E-state index in [0.29, 0.717) is 13.1 Å². The molecule has 17 heavy (non-hydrogen) atoms. The van der Waals surface area contributed by atoms with Gasteiger partial charge < -0.3 is 10.0 Å². The van der Waals surface area contributed by atoms with E-state index in [4.69, 9.17) is 5.11 Å². The summed E-state index contributed by atoms with van der Waals surface area (Å²) in [6.45, 7) is 1.12. The Labute approximate surface area is 109 Å². The Balaban J connectivity index is 1.97. The zero-order valence-corrected chi connectivity index (χ0v) is 11.0. The number of carboxylic acid groups (broad SMARTS) is 1. The number of rotatable bonds is 2. The molecule has 1 aromatic carbocycles. The largest absolute Gasteiger partial charge is 0.465 e. The van der Waals surface area contributed by atoms with Crippen molar-refractivity contribution in [2.24, 2.45) is 0 Å². The molecule has 1 heterocycles. The first-order chi connectivity index (χ1) is 8.15. The summed E-state index contributed by atoms with van der Waals surface area (Å²) in [5, 5.41) is 8.84. The third-order valence-corrected chi connectivity index (χ3v) is 3.45. The molecule has 1 amide bonds. The molecule has 0 atom stereocenters. The molecule has 0 aliphatic carbocycles. The number of halogens is 1. The molecule has 0 radical (unpaired) electrons. The fourth-order valence-corrected chi connectivity index (χ4v) is 2.17. The molecule has 1 aromatic rings. The molecule has 90 valence electrons. The lowest BCUT2D eigenvalue weighted by Crippen LogP contribution is -2.33. The van der Waals surface area contributed by atoms with E-state index in [9.17, 15) is 4.79 Å². The third kappa shape index (κ3) is 3.33. The molecule has 0 saturated carbocycles. The Hall–Kier alpha value is -1.29. The Morgan fingerprint density at radius 3 is 2.59 bits per heavy atom. The highest BCUT2D eigenvalue weighted by Crippen LogP contribution is 2.18. The average molecular weight is 296 g/mol. The number of hydrogen-bond acceptors (Lipinski definition) is 1. The van der Waals surface area contributed by atoms with E-state index in [1.165, 1.54) is 16.0 Å². The number of amides is 1. The maximum Gasteiger partial charge on any atom is 0.407 e. The predicted molar refractivity (Wildman–Crippen MR) is 70.1 cm³/mol. The molecule has 1 aliphatic rings. The summed E-state index contributed by atoms with van der Waals surface area (Å²) < 4.78 is 1.08. The summed E-state index contributed by atoms with van der Waals surface area (Å²) in [7, 11) is 0. The number of carbonyl (C=O) groups is 1. The topological polar surface area (TPSA) is 40.5 Å². The van der Waals surface area contributed by atoms with Crippen LogP contribution in [-0.2, 0) is 6.42 Å². The van der Waals surface area contributed by atoms with Crippen LogP contribution in [0.2, 0.25) is 0 Å². The molecule has 1 N–H and O–H groups in total. The summed E-state index contributed by atoms with van der Waals surface area (Å²) in [5.74, 6) is 0. The van der Waals surface area contributed by atoms with Gasteiger partial charge >= 0.3 is 6.09 Å². The van der Waals surface area contributed by atoms with Crippen molar-refractivity contribution in [2.45, 2.75) is 12.8 Å². The molecule has 0 aromatic heterocycles. The van der Waals surface area contributed by atoms with Crippen LogP contribution in [0.4, 0.5) is 4.79 Å². The molecule has 1 aliphatic heterocycles. The van der Waals surface area contributed by atoms with Crippen LogP contribution in [0.5, 0.6) is 0 Å². The van der Waals surface area contributed by atoms with Gasteiger partial charge in [0.25, 0.3) is 0 Å². The normalized spacial score (nSPS) is 15.6. The fraction of sp³-hybridized carbons (Fsp3) is 0.308. The lowest BCUT2D eigenvalue weighted by molar-refractivity contribution is 0.149. The Bertz CT molecular complexity index is 439. The van der Waals surface area contributed by atoms with E-state index in [-0.39, 0.29) is 0 Å². The van der Waals surface area contributed by atoms with Crippen LogP contribution in [0.25, 0.3) is 0 Å². The quantitative estimate of drug-likeness (QED) is 0.851. The van der Waals surface area contributed by atoms with Crippen molar-refractivity contribution >= 4 is 22.0 Å². The first-order valence-electron chi connectivity index (χ1n) is 5.55. The van der Waals surface area contributed by atoms with Gasteiger partial charge in [-0.2, -0.15) is 0 Å². The maximum atomic E-state index is 10.7. The van der Waals surface area contributed by atoms with Gasteiger partial charge in [-0.15, -0.1) is 0 Å². The minimum atomic E-state index is -0.830. The molecule has 4 heteroatoms. The van der Waals surface area contributed by atoms with E-state index >= 15 is 0 Å². The van der Waals surface area contributed by atoms with E-state index < -0.39 is 6.09 Å². The van der Waals surface area contributed by atoms with Crippen molar-refractivity contribution < 1.29 is 9.90 Å². The Morgan fingerprint density at radius 1 is 1.35 bits per heavy atom. The van der Waals surface area contributed by atoms with Gasteiger partial charge in [0, 0.05) is 17.6 Å². The van der Waals surface area contributed by atoms with E-state index in [1.54, 1.807) is 0 Å². The van der Waals surface area contributed by atoms with Crippen LogP contribution < -0.4 is 0 Å². The SMILES string of the molecule is O=C(O)N1CC=C(Cc2ccc(Br)cc2)CC1. The van der Waals surface area contributed by atoms with Gasteiger partial charge in [-0.25, -0.2) is 4.79 Å². The predicted octanol–water partition coefficient (Wildman–Crippen LogP) is 3.30. The minimum absolute atomic E-state index is 0.515. The molecule has 0 fully saturated rings. The highest BCUT2D eigenvalue weighted by atomic mass is 79.9. The molecule has 3 nitrogen and oxygen atoms in total. The Morgan fingerprint density at radius 2 is 2.06 bits per heavy atom. The lowest BCUT2D eigenvalue weighted by atomic mass is 10.00. The van der Waals surface area contributed by atoms with Crippen molar-refractivity contribution in [1.29, 1.82) is 0 Å². The smallest absolute Gasteiger partial charge is 0.407 e. The first kappa shape index (κ1) is 12.2. The molecule has 2 rings (SSSR count). The van der Waals surface area contributed by atoms with Gasteiger partial charge in [0.15, 0.2) is 0 Å². The average Bonchev–Trinajstić information content (AvgIpc) is 2.33. The summed E-state index contributed by atoms with van der Waals surface area (Å²) in [5.41, 5.74) is 2.59. The third-order valence-electron chi connectivity index (χ3n) is 2.92. The van der Waals surface area contributed by atoms with Crippen LogP contribution in [0.1, 0.15) is 12.0 Å². The van der Waals surface area contributed by atoms with Crippen molar-refractivity contribution in [3.8, 4) is 0 Å². The first-order valence-corrected chi connectivity index (χ1v) is 6.34. The number of benzene rings is 1. The highest BCUT2D eigenvalue weighted by Gasteiger charge is 2.15. The van der Waals surface area contributed by atoms with E-state index in [1.807, 2.05) is 18.2 Å². The van der Waals surface area contributed by atoms with Crippen LogP contribution in [-0.4, -0.2) is 29.2 Å². The summed E-state index contributed by atoms with van der Waals surface area (Å²) >= 11 is 3.41. The standard InChI is InChI=1S/C13H14BrNO2/c14-12-3-1-10(2-4-12)9-11-5-7-15(8-6-11)13(16)17/h1-5H,6-9H2,(H,16,17). The van der Waals surface area contributed by atoms with Gasteiger partial charge in [-0.3, -0.25) is 0 Å². The van der Waals surface area contributed by atoms with Crippen LogP contribution in [0.15, 0.2) is 40.4 Å². The summed E-state index contributed by atoms with van der Waals surface area (Å²) in [4.78, 5) is 12.2. The zero-order valence-electron chi connectivity index (χ0n) is 9.40. The van der Waals surface area contributed by atoms with Crippen LogP contribution in [0.3, 0.4) is 0 Å². The van der Waals surface area contributed by atoms with E-state index in [2.05, 4.69) is 28.1 Å². The molecule has 0 bridgehead atoms. The second-order valence-corrected chi connectivity index (χ2v) is 5.06. The van der Waals surface area contributed by atoms with Gasteiger partial charge in [-0.05, 0) is 30.5 Å². The fourth-order valence-electron chi connectivity index (χ4n) is 1.91. The van der Waals surface area contributed by atoms with Crippen molar-refractivity contribution in [2.75, 3.05) is 13.1 Å². The van der Waals surface area contributed by atoms with E-state index in [0.717, 1.165) is 17.3 Å². The molecule has 0 spiro atoms. The van der Waals surface area contributed by atoms with Crippen molar-refractivity contribution in [1.82, 2.24) is 4.90 Å². The van der Waals surface area contributed by atoms with Crippen molar-refractivity contribution in [3.63, 3.8) is 0 Å². The van der Waals surface area contributed by atoms with Gasteiger partial charge in [0.05, 0.1) is 0 Å². The highest BCUT2D eigenvalue weighted by molar-refractivity contribution is 9.10. The summed E-state index contributed by atoms with van der Waals surface area (Å²) in [6, 6.07) is 8.24. The zero-order chi connectivity index (χ0) is 12.3. The maximum absolute atomic E-state index is 10.7. The minimum Gasteiger partial charge on any atom is -0.465 e. The van der Waals surface area contributed by atoms with Crippen LogP contribution in [0, 0.1) is 0 Å². The number of hydrogen-bond donors (Lipinski definition) is 1. The molecule has 0 saturated heterocycles. The molecule has 0 unspecified atom stereocenters. The van der Waals surface area contributed by atoms with Gasteiger partial charge in [-0.1, -0.05) is 39.7 Å². The molecular formula is C13H14BrNO2. The monoisotopic (exact) mass is 295 g/mol.